The molecule has 8 nitrogen and oxygen atoms in total. The predicted molar refractivity (Wildman–Crippen MR) is 94.1 cm³/mol. The van der Waals surface area contributed by atoms with Gasteiger partial charge in [-0.25, -0.2) is 4.79 Å². The summed E-state index contributed by atoms with van der Waals surface area (Å²) >= 11 is 3.25. The normalized spacial score (nSPS) is 12.7. The van der Waals surface area contributed by atoms with Gasteiger partial charge in [0.15, 0.2) is 5.92 Å². The monoisotopic (exact) mass is 429 g/mol. The Bertz CT molecular complexity index is 675. The van der Waals surface area contributed by atoms with Gasteiger partial charge in [-0.1, -0.05) is 28.9 Å². The molecule has 142 valence electrons. The second kappa shape index (κ2) is 9.91. The molecule has 1 rings (SSSR count). The molecule has 0 aliphatic carbocycles. The highest BCUT2D eigenvalue weighted by atomic mass is 79.9. The molecule has 0 aromatic heterocycles. The zero-order chi connectivity index (χ0) is 19.9. The molecule has 0 unspecified atom stereocenters. The van der Waals surface area contributed by atoms with Crippen LogP contribution in [0.1, 0.15) is 17.3 Å². The second-order valence-electron chi connectivity index (χ2n) is 5.37. The number of esters is 3. The molecule has 1 amide bonds. The summed E-state index contributed by atoms with van der Waals surface area (Å²) in [5.74, 6) is -5.51. The van der Waals surface area contributed by atoms with Gasteiger partial charge in [-0.15, -0.1) is 0 Å². The lowest BCUT2D eigenvalue weighted by molar-refractivity contribution is -0.162. The second-order valence-corrected chi connectivity index (χ2v) is 6.28. The van der Waals surface area contributed by atoms with Crippen LogP contribution in [-0.2, 0) is 28.6 Å². The van der Waals surface area contributed by atoms with E-state index >= 15 is 0 Å². The Labute approximate surface area is 159 Å². The number of rotatable bonds is 7. The van der Waals surface area contributed by atoms with Crippen molar-refractivity contribution >= 4 is 39.7 Å². The Kier molecular flexibility index (Phi) is 8.24. The summed E-state index contributed by atoms with van der Waals surface area (Å²) in [4.78, 5) is 48.6. The molecule has 1 N–H and O–H groups in total. The van der Waals surface area contributed by atoms with Crippen molar-refractivity contribution in [3.8, 4) is 0 Å². The Morgan fingerprint density at radius 1 is 0.962 bits per heavy atom. The summed E-state index contributed by atoms with van der Waals surface area (Å²) in [6.07, 6.45) is 0. The summed E-state index contributed by atoms with van der Waals surface area (Å²) in [6.45, 7) is 1.45. The standard InChI is InChI=1S/C17H20BrNO7/c1-9(12(15(21)24-2)16(22)25-3)13(17(23)26-4)19-14(20)10-6-5-7-11(18)8-10/h5-9,12-13H,1-4H3,(H,19,20)/t9-,13-/m0/s1. The Morgan fingerprint density at radius 2 is 1.50 bits per heavy atom. The minimum absolute atomic E-state index is 0.285. The quantitative estimate of drug-likeness (QED) is 0.395. The zero-order valence-corrected chi connectivity index (χ0v) is 16.4. The molecule has 0 fully saturated rings. The van der Waals surface area contributed by atoms with E-state index in [-0.39, 0.29) is 5.56 Å². The molecule has 0 radical (unpaired) electrons. The summed E-state index contributed by atoms with van der Waals surface area (Å²) < 4.78 is 14.6. The van der Waals surface area contributed by atoms with Crippen molar-refractivity contribution in [1.82, 2.24) is 5.32 Å². The number of hydrogen-bond donors (Lipinski definition) is 1. The summed E-state index contributed by atoms with van der Waals surface area (Å²) in [5.41, 5.74) is 0.285. The van der Waals surface area contributed by atoms with Crippen LogP contribution in [0.25, 0.3) is 0 Å². The molecule has 0 saturated carbocycles. The maximum Gasteiger partial charge on any atom is 0.328 e. The van der Waals surface area contributed by atoms with Crippen LogP contribution in [0.5, 0.6) is 0 Å². The van der Waals surface area contributed by atoms with Crippen molar-refractivity contribution in [2.75, 3.05) is 21.3 Å². The van der Waals surface area contributed by atoms with Crippen molar-refractivity contribution in [1.29, 1.82) is 0 Å². The van der Waals surface area contributed by atoms with Crippen molar-refractivity contribution in [2.45, 2.75) is 13.0 Å². The maximum absolute atomic E-state index is 12.5. The van der Waals surface area contributed by atoms with E-state index in [2.05, 4.69) is 30.7 Å². The first kappa shape index (κ1) is 21.6. The summed E-state index contributed by atoms with van der Waals surface area (Å²) in [6, 6.07) is 5.24. The number of carbonyl (C=O) groups is 4. The number of halogens is 1. The van der Waals surface area contributed by atoms with Crippen molar-refractivity contribution in [3.63, 3.8) is 0 Å². The Morgan fingerprint density at radius 3 is 1.96 bits per heavy atom. The number of nitrogens with one attached hydrogen (secondary N) is 1. The van der Waals surface area contributed by atoms with Crippen LogP contribution >= 0.6 is 15.9 Å². The van der Waals surface area contributed by atoms with Gasteiger partial charge in [-0.05, 0) is 18.2 Å². The van der Waals surface area contributed by atoms with Crippen LogP contribution in [0.3, 0.4) is 0 Å². The number of methoxy groups -OCH3 is 3. The van der Waals surface area contributed by atoms with Gasteiger partial charge >= 0.3 is 17.9 Å². The molecule has 0 aliphatic rings. The fourth-order valence-electron chi connectivity index (χ4n) is 2.36. The van der Waals surface area contributed by atoms with Gasteiger partial charge in [0.2, 0.25) is 0 Å². The topological polar surface area (TPSA) is 108 Å². The Balaban J connectivity index is 3.15. The van der Waals surface area contributed by atoms with E-state index in [1.807, 2.05) is 0 Å². The molecule has 0 heterocycles. The minimum atomic E-state index is -1.41. The molecule has 0 aliphatic heterocycles. The average Bonchev–Trinajstić information content (AvgIpc) is 2.64. The van der Waals surface area contributed by atoms with Crippen molar-refractivity contribution in [2.24, 2.45) is 11.8 Å². The van der Waals surface area contributed by atoms with Gasteiger partial charge in [0.1, 0.15) is 6.04 Å². The molecule has 2 atom stereocenters. The van der Waals surface area contributed by atoms with Crippen LogP contribution in [0.15, 0.2) is 28.7 Å². The van der Waals surface area contributed by atoms with Crippen LogP contribution < -0.4 is 5.32 Å². The van der Waals surface area contributed by atoms with Gasteiger partial charge in [-0.3, -0.25) is 14.4 Å². The zero-order valence-electron chi connectivity index (χ0n) is 14.8. The predicted octanol–water partition coefficient (Wildman–Crippen LogP) is 1.32. The van der Waals surface area contributed by atoms with E-state index < -0.39 is 41.7 Å². The molecule has 1 aromatic carbocycles. The maximum atomic E-state index is 12.5. The number of carbonyl (C=O) groups excluding carboxylic acids is 4. The average molecular weight is 430 g/mol. The largest absolute Gasteiger partial charge is 0.468 e. The third-order valence-corrected chi connectivity index (χ3v) is 4.28. The van der Waals surface area contributed by atoms with Crippen LogP contribution in [0, 0.1) is 11.8 Å². The fraction of sp³-hybridized carbons (Fsp3) is 0.412. The van der Waals surface area contributed by atoms with E-state index in [9.17, 15) is 19.2 Å². The van der Waals surface area contributed by atoms with E-state index in [0.29, 0.717) is 4.47 Å². The SMILES string of the molecule is COC(=O)C(C(=O)OC)[C@H](C)[C@H](NC(=O)c1cccc(Br)c1)C(=O)OC. The molecular weight excluding hydrogens is 410 g/mol. The number of benzene rings is 1. The van der Waals surface area contributed by atoms with Gasteiger partial charge in [0.05, 0.1) is 21.3 Å². The minimum Gasteiger partial charge on any atom is -0.468 e. The van der Waals surface area contributed by atoms with Gasteiger partial charge < -0.3 is 19.5 Å². The van der Waals surface area contributed by atoms with E-state index in [0.717, 1.165) is 21.3 Å². The number of ether oxygens (including phenoxy) is 3. The molecule has 0 bridgehead atoms. The lowest BCUT2D eigenvalue weighted by Gasteiger charge is -2.27. The molecule has 9 heteroatoms. The van der Waals surface area contributed by atoms with Gasteiger partial charge in [-0.2, -0.15) is 0 Å². The smallest absolute Gasteiger partial charge is 0.328 e. The highest BCUT2D eigenvalue weighted by molar-refractivity contribution is 9.10. The lowest BCUT2D eigenvalue weighted by Crippen LogP contribution is -2.51. The molecule has 26 heavy (non-hydrogen) atoms. The first-order valence-corrected chi connectivity index (χ1v) is 8.36. The van der Waals surface area contributed by atoms with Crippen LogP contribution in [-0.4, -0.2) is 51.2 Å². The third kappa shape index (κ3) is 5.29. The third-order valence-electron chi connectivity index (χ3n) is 3.79. The lowest BCUT2D eigenvalue weighted by atomic mass is 9.87. The fourth-order valence-corrected chi connectivity index (χ4v) is 2.76. The van der Waals surface area contributed by atoms with Crippen LogP contribution in [0.2, 0.25) is 0 Å². The number of hydrogen-bond acceptors (Lipinski definition) is 7. The molecule has 0 spiro atoms. The van der Waals surface area contributed by atoms with E-state index in [1.54, 1.807) is 24.3 Å². The molecule has 1 aromatic rings. The summed E-state index contributed by atoms with van der Waals surface area (Å²) in [7, 11) is 3.36. The van der Waals surface area contributed by atoms with Crippen LogP contribution in [0.4, 0.5) is 0 Å². The first-order valence-electron chi connectivity index (χ1n) is 7.56. The first-order chi connectivity index (χ1) is 12.3. The highest BCUT2D eigenvalue weighted by Crippen LogP contribution is 2.21. The Hall–Kier alpha value is -2.42. The molecular formula is C17H20BrNO7. The van der Waals surface area contributed by atoms with Crippen molar-refractivity contribution in [3.05, 3.63) is 34.3 Å². The summed E-state index contributed by atoms with van der Waals surface area (Å²) in [5, 5.41) is 2.50. The van der Waals surface area contributed by atoms with Crippen molar-refractivity contribution < 1.29 is 33.4 Å². The van der Waals surface area contributed by atoms with E-state index in [1.165, 1.54) is 6.92 Å². The number of amides is 1. The van der Waals surface area contributed by atoms with Gasteiger partial charge in [0, 0.05) is 16.0 Å². The van der Waals surface area contributed by atoms with Gasteiger partial charge in [0.25, 0.3) is 5.91 Å². The molecule has 0 saturated heterocycles. The van der Waals surface area contributed by atoms with E-state index in [4.69, 9.17) is 4.74 Å². The highest BCUT2D eigenvalue weighted by Gasteiger charge is 2.42.